The molecule has 0 amide bonds. The molecule has 1 aromatic carbocycles. The predicted octanol–water partition coefficient (Wildman–Crippen LogP) is 2.42. The normalized spacial score (nSPS) is 9.69. The van der Waals surface area contributed by atoms with Gasteiger partial charge in [-0.15, -0.1) is 0 Å². The molecule has 0 aromatic heterocycles. The lowest BCUT2D eigenvalue weighted by Crippen LogP contribution is -1.95. The first kappa shape index (κ1) is 9.58. The SMILES string of the molecule is C=C(OCC)c1cc(N)ccc1F. The van der Waals surface area contributed by atoms with Crippen molar-refractivity contribution < 1.29 is 9.13 Å². The van der Waals surface area contributed by atoms with Crippen LogP contribution in [0.5, 0.6) is 0 Å². The van der Waals surface area contributed by atoms with Crippen molar-refractivity contribution >= 4 is 11.4 Å². The van der Waals surface area contributed by atoms with E-state index in [0.717, 1.165) is 0 Å². The number of nitrogen functional groups attached to an aromatic ring is 1. The minimum absolute atomic E-state index is 0.312. The maximum absolute atomic E-state index is 13.1. The van der Waals surface area contributed by atoms with E-state index in [1.807, 2.05) is 6.92 Å². The van der Waals surface area contributed by atoms with Crippen molar-refractivity contribution in [3.8, 4) is 0 Å². The van der Waals surface area contributed by atoms with Crippen LogP contribution in [0.1, 0.15) is 12.5 Å². The Labute approximate surface area is 76.8 Å². The summed E-state index contributed by atoms with van der Waals surface area (Å²) in [6.07, 6.45) is 0. The van der Waals surface area contributed by atoms with Crippen LogP contribution < -0.4 is 5.73 Å². The second-order valence-electron chi connectivity index (χ2n) is 2.60. The first-order chi connectivity index (χ1) is 6.15. The Hall–Kier alpha value is -1.51. The molecule has 0 unspecified atom stereocenters. The van der Waals surface area contributed by atoms with Gasteiger partial charge >= 0.3 is 0 Å². The number of benzene rings is 1. The zero-order valence-electron chi connectivity index (χ0n) is 7.51. The molecule has 1 aromatic rings. The van der Waals surface area contributed by atoms with Crippen molar-refractivity contribution in [2.45, 2.75) is 6.92 Å². The maximum atomic E-state index is 13.1. The highest BCUT2D eigenvalue weighted by Gasteiger charge is 2.06. The molecule has 0 fully saturated rings. The highest BCUT2D eigenvalue weighted by molar-refractivity contribution is 5.62. The molecular weight excluding hydrogens is 169 g/mol. The molecule has 0 aliphatic rings. The highest BCUT2D eigenvalue weighted by Crippen LogP contribution is 2.20. The summed E-state index contributed by atoms with van der Waals surface area (Å²) in [6, 6.07) is 4.31. The molecular formula is C10H12FNO. The second-order valence-corrected chi connectivity index (χ2v) is 2.60. The van der Waals surface area contributed by atoms with Crippen molar-refractivity contribution in [1.29, 1.82) is 0 Å². The Morgan fingerprint density at radius 1 is 1.62 bits per heavy atom. The lowest BCUT2D eigenvalue weighted by atomic mass is 10.1. The Kier molecular flexibility index (Phi) is 2.90. The minimum atomic E-state index is -0.368. The van der Waals surface area contributed by atoms with Gasteiger partial charge < -0.3 is 10.5 Å². The molecule has 2 nitrogen and oxygen atoms in total. The van der Waals surface area contributed by atoms with Crippen molar-refractivity contribution in [3.63, 3.8) is 0 Å². The third kappa shape index (κ3) is 2.21. The average molecular weight is 181 g/mol. The molecule has 0 aliphatic carbocycles. The molecule has 0 bridgehead atoms. The summed E-state index contributed by atoms with van der Waals surface area (Å²) in [5.74, 6) is -0.0556. The molecule has 3 heteroatoms. The summed E-state index contributed by atoms with van der Waals surface area (Å²) < 4.78 is 18.2. The van der Waals surface area contributed by atoms with Gasteiger partial charge in [-0.2, -0.15) is 0 Å². The summed E-state index contributed by atoms with van der Waals surface area (Å²) >= 11 is 0. The Bertz CT molecular complexity index is 323. The van der Waals surface area contributed by atoms with Crippen LogP contribution in [0.2, 0.25) is 0 Å². The van der Waals surface area contributed by atoms with E-state index in [1.165, 1.54) is 18.2 Å². The minimum Gasteiger partial charge on any atom is -0.494 e. The van der Waals surface area contributed by atoms with E-state index in [-0.39, 0.29) is 5.82 Å². The van der Waals surface area contributed by atoms with Crippen LogP contribution in [0.15, 0.2) is 24.8 Å². The van der Waals surface area contributed by atoms with Crippen molar-refractivity contribution in [2.75, 3.05) is 12.3 Å². The van der Waals surface area contributed by atoms with Gasteiger partial charge in [0.15, 0.2) is 0 Å². The number of hydrogen-bond acceptors (Lipinski definition) is 2. The zero-order chi connectivity index (χ0) is 9.84. The molecule has 0 spiro atoms. The molecule has 1 rings (SSSR count). The fraction of sp³-hybridized carbons (Fsp3) is 0.200. The third-order valence-corrected chi connectivity index (χ3v) is 1.61. The van der Waals surface area contributed by atoms with Gasteiger partial charge in [-0.1, -0.05) is 6.58 Å². The van der Waals surface area contributed by atoms with Gasteiger partial charge in [0.1, 0.15) is 11.6 Å². The number of ether oxygens (including phenoxy) is 1. The van der Waals surface area contributed by atoms with Gasteiger partial charge in [0.2, 0.25) is 0 Å². The number of nitrogens with two attached hydrogens (primary N) is 1. The summed E-state index contributed by atoms with van der Waals surface area (Å²) in [5, 5.41) is 0. The first-order valence-electron chi connectivity index (χ1n) is 4.02. The Morgan fingerprint density at radius 2 is 2.31 bits per heavy atom. The molecule has 13 heavy (non-hydrogen) atoms. The number of anilines is 1. The maximum Gasteiger partial charge on any atom is 0.134 e. The van der Waals surface area contributed by atoms with E-state index in [0.29, 0.717) is 23.6 Å². The fourth-order valence-electron chi connectivity index (χ4n) is 1.01. The molecule has 0 heterocycles. The second kappa shape index (κ2) is 3.94. The van der Waals surface area contributed by atoms with Gasteiger partial charge in [-0.25, -0.2) is 4.39 Å². The van der Waals surface area contributed by atoms with Crippen molar-refractivity contribution in [3.05, 3.63) is 36.2 Å². The van der Waals surface area contributed by atoms with Gasteiger partial charge in [0, 0.05) is 5.69 Å². The number of hydrogen-bond donors (Lipinski definition) is 1. The summed E-state index contributed by atoms with van der Waals surface area (Å²) in [5.41, 5.74) is 6.32. The lowest BCUT2D eigenvalue weighted by Gasteiger charge is -2.08. The van der Waals surface area contributed by atoms with E-state index >= 15 is 0 Å². The topological polar surface area (TPSA) is 35.2 Å². The molecule has 0 radical (unpaired) electrons. The van der Waals surface area contributed by atoms with Crippen LogP contribution in [-0.2, 0) is 4.74 Å². The van der Waals surface area contributed by atoms with Crippen LogP contribution in [-0.4, -0.2) is 6.61 Å². The van der Waals surface area contributed by atoms with E-state index in [9.17, 15) is 4.39 Å². The molecule has 70 valence electrons. The largest absolute Gasteiger partial charge is 0.494 e. The van der Waals surface area contributed by atoms with Gasteiger partial charge in [0.05, 0.1) is 12.2 Å². The van der Waals surface area contributed by atoms with Crippen molar-refractivity contribution in [2.24, 2.45) is 0 Å². The molecule has 0 aliphatic heterocycles. The summed E-state index contributed by atoms with van der Waals surface area (Å²) in [6.45, 7) is 5.88. The van der Waals surface area contributed by atoms with E-state index in [2.05, 4.69) is 6.58 Å². The first-order valence-corrected chi connectivity index (χ1v) is 4.02. The van der Waals surface area contributed by atoms with E-state index < -0.39 is 0 Å². The molecule has 0 atom stereocenters. The Balaban J connectivity index is 2.99. The van der Waals surface area contributed by atoms with E-state index in [1.54, 1.807) is 0 Å². The summed E-state index contributed by atoms with van der Waals surface area (Å²) in [7, 11) is 0. The predicted molar refractivity (Wildman–Crippen MR) is 51.5 cm³/mol. The van der Waals surface area contributed by atoms with Gasteiger partial charge in [-0.3, -0.25) is 0 Å². The quantitative estimate of drug-likeness (QED) is 0.574. The smallest absolute Gasteiger partial charge is 0.134 e. The molecule has 0 saturated heterocycles. The van der Waals surface area contributed by atoms with Crippen molar-refractivity contribution in [1.82, 2.24) is 0 Å². The van der Waals surface area contributed by atoms with Gasteiger partial charge in [0.25, 0.3) is 0 Å². The van der Waals surface area contributed by atoms with Crippen LogP contribution >= 0.6 is 0 Å². The third-order valence-electron chi connectivity index (χ3n) is 1.61. The monoisotopic (exact) mass is 181 g/mol. The lowest BCUT2D eigenvalue weighted by molar-refractivity contribution is 0.297. The van der Waals surface area contributed by atoms with Crippen LogP contribution in [0.25, 0.3) is 5.76 Å². The number of rotatable bonds is 3. The average Bonchev–Trinajstić information content (AvgIpc) is 2.09. The number of halogens is 1. The standard InChI is InChI=1S/C10H12FNO/c1-3-13-7(2)9-6-8(12)4-5-10(9)11/h4-6H,2-3,12H2,1H3. The zero-order valence-corrected chi connectivity index (χ0v) is 7.51. The molecule has 2 N–H and O–H groups in total. The summed E-state index contributed by atoms with van der Waals surface area (Å²) in [4.78, 5) is 0. The Morgan fingerprint density at radius 3 is 2.92 bits per heavy atom. The van der Waals surface area contributed by atoms with Crippen LogP contribution in [0.4, 0.5) is 10.1 Å². The van der Waals surface area contributed by atoms with E-state index in [4.69, 9.17) is 10.5 Å². The molecule has 0 saturated carbocycles. The van der Waals surface area contributed by atoms with Crippen LogP contribution in [0.3, 0.4) is 0 Å². The fourth-order valence-corrected chi connectivity index (χ4v) is 1.01. The van der Waals surface area contributed by atoms with Gasteiger partial charge in [-0.05, 0) is 25.1 Å². The van der Waals surface area contributed by atoms with Crippen LogP contribution in [0, 0.1) is 5.82 Å². The highest BCUT2D eigenvalue weighted by atomic mass is 19.1.